The number of pyridine rings is 1. The molecule has 2 unspecified atom stereocenters. The fourth-order valence-corrected chi connectivity index (χ4v) is 3.39. The minimum atomic E-state index is 0.568. The van der Waals surface area contributed by atoms with Crippen LogP contribution in [0.3, 0.4) is 0 Å². The number of hydrogen-bond acceptors (Lipinski definition) is 4. The quantitative estimate of drug-likeness (QED) is 0.879. The molecule has 2 saturated heterocycles. The van der Waals surface area contributed by atoms with Gasteiger partial charge in [0.1, 0.15) is 11.9 Å². The van der Waals surface area contributed by atoms with E-state index in [1.165, 1.54) is 25.7 Å². The standard InChI is InChI=1S/C15H20N4/c1-10-11(9-16)3-6-15(17-10)19(2)14-7-12-4-5-13(8-14)18-12/h3,6,12-14,18H,4-5,7-8H2,1-2H3. The summed E-state index contributed by atoms with van der Waals surface area (Å²) in [6, 6.07) is 7.96. The number of nitrogens with zero attached hydrogens (tertiary/aromatic N) is 3. The SMILES string of the molecule is Cc1nc(N(C)C2CC3CCC(C2)N3)ccc1C#N. The van der Waals surface area contributed by atoms with Crippen molar-refractivity contribution in [2.75, 3.05) is 11.9 Å². The summed E-state index contributed by atoms with van der Waals surface area (Å²) in [5, 5.41) is 12.6. The van der Waals surface area contributed by atoms with Crippen LogP contribution in [-0.2, 0) is 0 Å². The number of nitriles is 1. The molecule has 0 saturated carbocycles. The number of aromatic nitrogens is 1. The zero-order valence-electron chi connectivity index (χ0n) is 11.6. The Morgan fingerprint density at radius 2 is 2.00 bits per heavy atom. The van der Waals surface area contributed by atoms with E-state index in [1.807, 2.05) is 19.1 Å². The molecule has 3 heterocycles. The number of piperidine rings is 1. The summed E-state index contributed by atoms with van der Waals surface area (Å²) in [5.41, 5.74) is 1.49. The molecule has 0 amide bonds. The van der Waals surface area contributed by atoms with Gasteiger partial charge in [-0.15, -0.1) is 0 Å². The molecule has 2 atom stereocenters. The van der Waals surface area contributed by atoms with Crippen molar-refractivity contribution in [1.29, 1.82) is 5.26 Å². The van der Waals surface area contributed by atoms with E-state index in [0.29, 0.717) is 23.7 Å². The van der Waals surface area contributed by atoms with Gasteiger partial charge in [-0.3, -0.25) is 0 Å². The number of nitrogens with one attached hydrogen (secondary N) is 1. The Balaban J connectivity index is 1.78. The van der Waals surface area contributed by atoms with Crippen molar-refractivity contribution in [2.45, 2.75) is 50.7 Å². The highest BCUT2D eigenvalue weighted by Crippen LogP contribution is 2.31. The molecule has 0 aromatic carbocycles. The first-order valence-corrected chi connectivity index (χ1v) is 7.04. The van der Waals surface area contributed by atoms with Crippen molar-refractivity contribution in [3.8, 4) is 6.07 Å². The van der Waals surface area contributed by atoms with Gasteiger partial charge in [-0.1, -0.05) is 0 Å². The molecule has 1 aromatic rings. The zero-order chi connectivity index (χ0) is 13.4. The molecule has 2 bridgehead atoms. The van der Waals surface area contributed by atoms with Crippen molar-refractivity contribution in [3.63, 3.8) is 0 Å². The summed E-state index contributed by atoms with van der Waals surface area (Å²) >= 11 is 0. The molecule has 2 fully saturated rings. The average Bonchev–Trinajstić information content (AvgIpc) is 2.76. The van der Waals surface area contributed by atoms with Crippen LogP contribution in [0.25, 0.3) is 0 Å². The van der Waals surface area contributed by atoms with Crippen LogP contribution in [0.15, 0.2) is 12.1 Å². The monoisotopic (exact) mass is 256 g/mol. The van der Waals surface area contributed by atoms with Crippen molar-refractivity contribution >= 4 is 5.82 Å². The van der Waals surface area contributed by atoms with Gasteiger partial charge in [-0.25, -0.2) is 4.98 Å². The van der Waals surface area contributed by atoms with Gasteiger partial charge in [0.25, 0.3) is 0 Å². The van der Waals surface area contributed by atoms with Crippen LogP contribution in [0.5, 0.6) is 0 Å². The Labute approximate surface area is 114 Å². The number of rotatable bonds is 2. The van der Waals surface area contributed by atoms with Gasteiger partial charge < -0.3 is 10.2 Å². The van der Waals surface area contributed by atoms with Crippen molar-refractivity contribution < 1.29 is 0 Å². The first-order valence-electron chi connectivity index (χ1n) is 7.04. The minimum Gasteiger partial charge on any atom is -0.357 e. The van der Waals surface area contributed by atoms with Gasteiger partial charge in [-0.05, 0) is 44.7 Å². The number of fused-ring (bicyclic) bond motifs is 2. The third-order valence-electron chi connectivity index (χ3n) is 4.55. The fourth-order valence-electron chi connectivity index (χ4n) is 3.39. The lowest BCUT2D eigenvalue weighted by Gasteiger charge is -2.36. The third-order valence-corrected chi connectivity index (χ3v) is 4.55. The predicted octanol–water partition coefficient (Wildman–Crippen LogP) is 1.98. The van der Waals surface area contributed by atoms with Crippen LogP contribution < -0.4 is 10.2 Å². The molecule has 2 aliphatic rings. The molecular weight excluding hydrogens is 236 g/mol. The molecule has 4 heteroatoms. The highest BCUT2D eigenvalue weighted by molar-refractivity contribution is 5.45. The Bertz CT molecular complexity index is 507. The lowest BCUT2D eigenvalue weighted by Crippen LogP contribution is -2.47. The van der Waals surface area contributed by atoms with Crippen LogP contribution in [0.4, 0.5) is 5.82 Å². The first kappa shape index (κ1) is 12.4. The van der Waals surface area contributed by atoms with Crippen LogP contribution >= 0.6 is 0 Å². The Kier molecular flexibility index (Phi) is 3.16. The molecule has 19 heavy (non-hydrogen) atoms. The molecule has 0 spiro atoms. The highest BCUT2D eigenvalue weighted by atomic mass is 15.2. The molecule has 3 rings (SSSR count). The molecule has 1 aromatic heterocycles. The Morgan fingerprint density at radius 1 is 1.32 bits per heavy atom. The van der Waals surface area contributed by atoms with E-state index in [4.69, 9.17) is 5.26 Å². The van der Waals surface area contributed by atoms with E-state index in [0.717, 1.165) is 11.5 Å². The third kappa shape index (κ3) is 2.31. The summed E-state index contributed by atoms with van der Waals surface area (Å²) in [6.45, 7) is 1.90. The lowest BCUT2D eigenvalue weighted by molar-refractivity contribution is 0.354. The molecule has 0 radical (unpaired) electrons. The smallest absolute Gasteiger partial charge is 0.128 e. The van der Waals surface area contributed by atoms with E-state index in [2.05, 4.69) is 28.3 Å². The van der Waals surface area contributed by atoms with Gasteiger partial charge in [0.2, 0.25) is 0 Å². The largest absolute Gasteiger partial charge is 0.357 e. The van der Waals surface area contributed by atoms with Gasteiger partial charge in [0.15, 0.2) is 0 Å². The maximum absolute atomic E-state index is 8.96. The zero-order valence-corrected chi connectivity index (χ0v) is 11.6. The average molecular weight is 256 g/mol. The van der Waals surface area contributed by atoms with Gasteiger partial charge in [0, 0.05) is 25.2 Å². The van der Waals surface area contributed by atoms with E-state index in [-0.39, 0.29) is 0 Å². The number of aryl methyl sites for hydroxylation is 1. The summed E-state index contributed by atoms with van der Waals surface area (Å²) in [7, 11) is 2.13. The normalized spacial score (nSPS) is 29.0. The van der Waals surface area contributed by atoms with Crippen LogP contribution in [-0.4, -0.2) is 30.2 Å². The molecule has 1 N–H and O–H groups in total. The van der Waals surface area contributed by atoms with E-state index in [9.17, 15) is 0 Å². The second-order valence-electron chi connectivity index (χ2n) is 5.79. The second kappa shape index (κ2) is 4.82. The predicted molar refractivity (Wildman–Crippen MR) is 75.1 cm³/mol. The van der Waals surface area contributed by atoms with Gasteiger partial charge in [0.05, 0.1) is 11.3 Å². The van der Waals surface area contributed by atoms with Crippen molar-refractivity contribution in [1.82, 2.24) is 10.3 Å². The van der Waals surface area contributed by atoms with E-state index in [1.54, 1.807) is 0 Å². The summed E-state index contributed by atoms with van der Waals surface area (Å²) in [5.74, 6) is 0.989. The van der Waals surface area contributed by atoms with Crippen molar-refractivity contribution in [2.24, 2.45) is 0 Å². The van der Waals surface area contributed by atoms with E-state index >= 15 is 0 Å². The topological polar surface area (TPSA) is 52.0 Å². The van der Waals surface area contributed by atoms with Crippen LogP contribution in [0, 0.1) is 18.3 Å². The maximum atomic E-state index is 8.96. The van der Waals surface area contributed by atoms with Crippen LogP contribution in [0.2, 0.25) is 0 Å². The Hall–Kier alpha value is -1.60. The molecule has 4 nitrogen and oxygen atoms in total. The maximum Gasteiger partial charge on any atom is 0.128 e. The lowest BCUT2D eigenvalue weighted by atomic mass is 9.98. The molecule has 0 aliphatic carbocycles. The summed E-state index contributed by atoms with van der Waals surface area (Å²) < 4.78 is 0. The number of hydrogen-bond donors (Lipinski definition) is 1. The fraction of sp³-hybridized carbons (Fsp3) is 0.600. The Morgan fingerprint density at radius 3 is 2.58 bits per heavy atom. The highest BCUT2D eigenvalue weighted by Gasteiger charge is 2.35. The molecule has 2 aliphatic heterocycles. The van der Waals surface area contributed by atoms with Gasteiger partial charge in [-0.2, -0.15) is 5.26 Å². The minimum absolute atomic E-state index is 0.568. The summed E-state index contributed by atoms with van der Waals surface area (Å²) in [6.07, 6.45) is 5.03. The number of anilines is 1. The summed E-state index contributed by atoms with van der Waals surface area (Å²) in [4.78, 5) is 6.86. The van der Waals surface area contributed by atoms with Crippen LogP contribution in [0.1, 0.15) is 36.9 Å². The second-order valence-corrected chi connectivity index (χ2v) is 5.79. The van der Waals surface area contributed by atoms with Crippen molar-refractivity contribution in [3.05, 3.63) is 23.4 Å². The molecular formula is C15H20N4. The molecule has 100 valence electrons. The van der Waals surface area contributed by atoms with E-state index < -0.39 is 0 Å². The van der Waals surface area contributed by atoms with Gasteiger partial charge >= 0.3 is 0 Å². The first-order chi connectivity index (χ1) is 9.17.